The second-order valence-corrected chi connectivity index (χ2v) is 4.77. The minimum Gasteiger partial charge on any atom is -0.495 e. The van der Waals surface area contributed by atoms with Crippen molar-refractivity contribution in [3.05, 3.63) is 27.8 Å². The van der Waals surface area contributed by atoms with Crippen molar-refractivity contribution in [1.29, 1.82) is 0 Å². The highest BCUT2D eigenvalue weighted by Gasteiger charge is 2.44. The molecule has 1 aromatic carbocycles. The first-order valence-corrected chi connectivity index (χ1v) is 5.50. The summed E-state index contributed by atoms with van der Waals surface area (Å²) >= 11 is 6.22. The number of benzene rings is 1. The molecule has 0 aromatic heterocycles. The molecule has 15 heavy (non-hydrogen) atoms. The van der Waals surface area contributed by atoms with Crippen molar-refractivity contribution in [1.82, 2.24) is 0 Å². The first-order valence-electron chi connectivity index (χ1n) is 5.12. The molecular formula is C12H16ClNO. The van der Waals surface area contributed by atoms with E-state index in [-0.39, 0.29) is 5.54 Å². The van der Waals surface area contributed by atoms with Gasteiger partial charge in [-0.15, -0.1) is 0 Å². The second-order valence-electron chi connectivity index (χ2n) is 4.39. The van der Waals surface area contributed by atoms with Crippen LogP contribution in [0.25, 0.3) is 0 Å². The molecule has 82 valence electrons. The Morgan fingerprint density at radius 1 is 1.33 bits per heavy atom. The first kappa shape index (κ1) is 10.8. The van der Waals surface area contributed by atoms with Gasteiger partial charge in [0.25, 0.3) is 0 Å². The molecule has 0 atom stereocenters. The van der Waals surface area contributed by atoms with Crippen LogP contribution in [0, 0.1) is 13.8 Å². The molecule has 1 aliphatic carbocycles. The Balaban J connectivity index is 2.66. The van der Waals surface area contributed by atoms with Crippen molar-refractivity contribution in [2.75, 3.05) is 7.11 Å². The van der Waals surface area contributed by atoms with Crippen molar-refractivity contribution in [3.63, 3.8) is 0 Å². The van der Waals surface area contributed by atoms with E-state index in [0.29, 0.717) is 5.02 Å². The predicted octanol–water partition coefficient (Wildman–Crippen LogP) is 2.91. The van der Waals surface area contributed by atoms with Gasteiger partial charge in [-0.1, -0.05) is 17.7 Å². The molecule has 2 nitrogen and oxygen atoms in total. The second kappa shape index (κ2) is 3.39. The number of nitrogens with two attached hydrogens (primary N) is 1. The van der Waals surface area contributed by atoms with Gasteiger partial charge >= 0.3 is 0 Å². The van der Waals surface area contributed by atoms with E-state index in [2.05, 4.69) is 13.0 Å². The Kier molecular flexibility index (Phi) is 2.44. The lowest BCUT2D eigenvalue weighted by atomic mass is 9.96. The monoisotopic (exact) mass is 225 g/mol. The summed E-state index contributed by atoms with van der Waals surface area (Å²) in [7, 11) is 1.65. The van der Waals surface area contributed by atoms with Gasteiger partial charge in [-0.25, -0.2) is 0 Å². The third kappa shape index (κ3) is 1.62. The number of methoxy groups -OCH3 is 1. The summed E-state index contributed by atoms with van der Waals surface area (Å²) in [5, 5.41) is 0.690. The van der Waals surface area contributed by atoms with Crippen LogP contribution in [0.1, 0.15) is 29.5 Å². The molecule has 0 saturated heterocycles. The summed E-state index contributed by atoms with van der Waals surface area (Å²) in [6, 6.07) is 2.08. The van der Waals surface area contributed by atoms with Gasteiger partial charge < -0.3 is 10.5 Å². The van der Waals surface area contributed by atoms with Gasteiger partial charge in [-0.05, 0) is 37.8 Å². The van der Waals surface area contributed by atoms with Crippen molar-refractivity contribution in [2.45, 2.75) is 32.2 Å². The molecule has 1 aliphatic rings. The molecule has 0 spiro atoms. The predicted molar refractivity (Wildman–Crippen MR) is 62.6 cm³/mol. The summed E-state index contributed by atoms with van der Waals surface area (Å²) in [6.45, 7) is 4.05. The highest BCUT2D eigenvalue weighted by Crippen LogP contribution is 2.50. The first-order chi connectivity index (χ1) is 6.99. The molecule has 2 rings (SSSR count). The molecular weight excluding hydrogens is 210 g/mol. The maximum absolute atomic E-state index is 6.23. The van der Waals surface area contributed by atoms with E-state index in [0.717, 1.165) is 29.7 Å². The van der Waals surface area contributed by atoms with Crippen molar-refractivity contribution < 1.29 is 4.74 Å². The van der Waals surface area contributed by atoms with E-state index in [9.17, 15) is 0 Å². The number of hydrogen-bond acceptors (Lipinski definition) is 2. The lowest BCUT2D eigenvalue weighted by Crippen LogP contribution is -2.21. The van der Waals surface area contributed by atoms with E-state index in [1.54, 1.807) is 7.11 Å². The third-order valence-electron chi connectivity index (χ3n) is 3.09. The lowest BCUT2D eigenvalue weighted by Gasteiger charge is -2.19. The van der Waals surface area contributed by atoms with Crippen molar-refractivity contribution in [3.8, 4) is 5.75 Å². The Bertz CT molecular complexity index is 411. The molecule has 0 unspecified atom stereocenters. The fourth-order valence-electron chi connectivity index (χ4n) is 2.12. The zero-order chi connectivity index (χ0) is 11.2. The number of halogens is 1. The van der Waals surface area contributed by atoms with E-state index in [4.69, 9.17) is 22.1 Å². The minimum absolute atomic E-state index is 0.202. The highest BCUT2D eigenvalue weighted by atomic mass is 35.5. The van der Waals surface area contributed by atoms with Crippen LogP contribution < -0.4 is 10.5 Å². The molecule has 0 bridgehead atoms. The molecule has 1 saturated carbocycles. The summed E-state index contributed by atoms with van der Waals surface area (Å²) in [6.07, 6.45) is 2.03. The van der Waals surface area contributed by atoms with Gasteiger partial charge in [-0.2, -0.15) is 0 Å². The Labute approximate surface area is 95.4 Å². The maximum atomic E-state index is 6.23. The van der Waals surface area contributed by atoms with Crippen LogP contribution in [-0.4, -0.2) is 7.11 Å². The van der Waals surface area contributed by atoms with Crippen LogP contribution in [0.3, 0.4) is 0 Å². The Morgan fingerprint density at radius 3 is 2.40 bits per heavy atom. The van der Waals surface area contributed by atoms with Gasteiger partial charge in [0.1, 0.15) is 5.75 Å². The smallest absolute Gasteiger partial charge is 0.143 e. The van der Waals surface area contributed by atoms with Gasteiger partial charge in [0.15, 0.2) is 0 Å². The molecule has 0 radical (unpaired) electrons. The SMILES string of the molecule is COc1c(Cl)c(C)cc(C)c1C1(N)CC1. The molecule has 1 fully saturated rings. The summed E-state index contributed by atoms with van der Waals surface area (Å²) in [5.74, 6) is 0.758. The largest absolute Gasteiger partial charge is 0.495 e. The molecule has 1 aromatic rings. The van der Waals surface area contributed by atoms with Crippen LogP contribution in [0.2, 0.25) is 5.02 Å². The van der Waals surface area contributed by atoms with Gasteiger partial charge in [-0.3, -0.25) is 0 Å². The minimum atomic E-state index is -0.202. The summed E-state index contributed by atoms with van der Waals surface area (Å²) < 4.78 is 5.39. The topological polar surface area (TPSA) is 35.2 Å². The Morgan fingerprint density at radius 2 is 1.93 bits per heavy atom. The van der Waals surface area contributed by atoms with E-state index >= 15 is 0 Å². The zero-order valence-electron chi connectivity index (χ0n) is 9.36. The van der Waals surface area contributed by atoms with Crippen molar-refractivity contribution in [2.24, 2.45) is 5.73 Å². The Hall–Kier alpha value is -0.730. The maximum Gasteiger partial charge on any atom is 0.143 e. The standard InChI is InChI=1S/C12H16ClNO/c1-7-6-8(2)10(13)11(15-3)9(7)12(14)4-5-12/h6H,4-5,14H2,1-3H3. The van der Waals surface area contributed by atoms with Gasteiger partial charge in [0.2, 0.25) is 0 Å². The number of aryl methyl sites for hydroxylation is 2. The van der Waals surface area contributed by atoms with E-state index in [1.165, 1.54) is 5.56 Å². The summed E-state index contributed by atoms with van der Waals surface area (Å²) in [5.41, 5.74) is 9.32. The van der Waals surface area contributed by atoms with Gasteiger partial charge in [0, 0.05) is 11.1 Å². The highest BCUT2D eigenvalue weighted by molar-refractivity contribution is 6.33. The van der Waals surface area contributed by atoms with Crippen LogP contribution in [0.5, 0.6) is 5.75 Å². The van der Waals surface area contributed by atoms with Crippen LogP contribution in [0.4, 0.5) is 0 Å². The lowest BCUT2D eigenvalue weighted by molar-refractivity contribution is 0.403. The zero-order valence-corrected chi connectivity index (χ0v) is 10.1. The van der Waals surface area contributed by atoms with Crippen LogP contribution in [0.15, 0.2) is 6.07 Å². The molecule has 0 heterocycles. The molecule has 2 N–H and O–H groups in total. The fraction of sp³-hybridized carbons (Fsp3) is 0.500. The normalized spacial score (nSPS) is 17.7. The number of rotatable bonds is 2. The molecule has 0 amide bonds. The molecule has 3 heteroatoms. The molecule has 0 aliphatic heterocycles. The quantitative estimate of drug-likeness (QED) is 0.840. The average molecular weight is 226 g/mol. The number of ether oxygens (including phenoxy) is 1. The third-order valence-corrected chi connectivity index (χ3v) is 3.56. The number of hydrogen-bond donors (Lipinski definition) is 1. The fourth-order valence-corrected chi connectivity index (χ4v) is 2.35. The van der Waals surface area contributed by atoms with Crippen molar-refractivity contribution >= 4 is 11.6 Å². The average Bonchev–Trinajstić information content (AvgIpc) is 2.90. The van der Waals surface area contributed by atoms with Crippen LogP contribution >= 0.6 is 11.6 Å². The summed E-state index contributed by atoms with van der Waals surface area (Å²) in [4.78, 5) is 0. The van der Waals surface area contributed by atoms with Gasteiger partial charge in [0.05, 0.1) is 12.1 Å². The van der Waals surface area contributed by atoms with Crippen LogP contribution in [-0.2, 0) is 5.54 Å². The van der Waals surface area contributed by atoms with E-state index in [1.807, 2.05) is 6.92 Å². The van der Waals surface area contributed by atoms with E-state index < -0.39 is 0 Å².